The number of halogens is 2. The summed E-state index contributed by atoms with van der Waals surface area (Å²) in [4.78, 5) is 13.5. The van der Waals surface area contributed by atoms with Crippen LogP contribution in [0.1, 0.15) is 37.9 Å². The largest absolute Gasteiger partial charge is 0.497 e. The molecule has 0 heterocycles. The van der Waals surface area contributed by atoms with Crippen molar-refractivity contribution >= 4 is 34.9 Å². The number of esters is 1. The van der Waals surface area contributed by atoms with E-state index in [0.717, 1.165) is 17.0 Å². The first-order valence-electron chi connectivity index (χ1n) is 11.4. The number of methoxy groups -OCH3 is 2. The average molecular weight is 532 g/mol. The lowest BCUT2D eigenvalue weighted by atomic mass is 9.99. The van der Waals surface area contributed by atoms with Crippen LogP contribution in [0.5, 0.6) is 11.5 Å². The van der Waals surface area contributed by atoms with Gasteiger partial charge in [0.1, 0.15) is 17.1 Å². The van der Waals surface area contributed by atoms with Crippen molar-refractivity contribution in [3.8, 4) is 11.5 Å². The maximum Gasteiger partial charge on any atom is 0.338 e. The van der Waals surface area contributed by atoms with Gasteiger partial charge in [-0.1, -0.05) is 41.4 Å². The first-order valence-corrected chi connectivity index (χ1v) is 12.2. The second-order valence-electron chi connectivity index (χ2n) is 9.09. The number of carbonyl (C=O) groups excluding carboxylic acids is 1. The van der Waals surface area contributed by atoms with Gasteiger partial charge in [0.2, 0.25) is 0 Å². The predicted octanol–water partition coefficient (Wildman–Crippen LogP) is 7.09. The Bertz CT molecular complexity index is 1120. The summed E-state index contributed by atoms with van der Waals surface area (Å²) >= 11 is 12.7. The second-order valence-corrected chi connectivity index (χ2v) is 9.90. The molecule has 3 aromatic carbocycles. The molecule has 0 aliphatic heterocycles. The molecule has 0 amide bonds. The van der Waals surface area contributed by atoms with Gasteiger partial charge in [-0.15, -0.1) is 0 Å². The molecule has 36 heavy (non-hydrogen) atoms. The highest BCUT2D eigenvalue weighted by Crippen LogP contribution is 2.32. The van der Waals surface area contributed by atoms with Gasteiger partial charge in [0, 0.05) is 21.3 Å². The van der Waals surface area contributed by atoms with Gasteiger partial charge in [0.15, 0.2) is 6.10 Å². The van der Waals surface area contributed by atoms with Crippen LogP contribution >= 0.6 is 23.2 Å². The minimum absolute atomic E-state index is 0.0133. The van der Waals surface area contributed by atoms with Gasteiger partial charge in [-0.05, 0) is 74.9 Å². The quantitative estimate of drug-likeness (QED) is 0.281. The summed E-state index contributed by atoms with van der Waals surface area (Å²) in [6.07, 6.45) is -1.04. The van der Waals surface area contributed by atoms with Crippen molar-refractivity contribution in [2.24, 2.45) is 0 Å². The monoisotopic (exact) mass is 531 g/mol. The SMILES string of the molecule is COc1ccc(N[C@H](c2ccc(OC)cc2)[C@H](OCc2c(Cl)cccc2Cl)C(=O)OC(C)(C)C)cc1. The van der Waals surface area contributed by atoms with E-state index in [1.165, 1.54) is 0 Å². The highest BCUT2D eigenvalue weighted by Gasteiger charge is 2.35. The minimum Gasteiger partial charge on any atom is -0.497 e. The molecule has 192 valence electrons. The molecule has 0 saturated carbocycles. The van der Waals surface area contributed by atoms with Crippen molar-refractivity contribution in [1.82, 2.24) is 0 Å². The van der Waals surface area contributed by atoms with E-state index in [-0.39, 0.29) is 6.61 Å². The smallest absolute Gasteiger partial charge is 0.338 e. The van der Waals surface area contributed by atoms with E-state index < -0.39 is 23.7 Å². The van der Waals surface area contributed by atoms with E-state index >= 15 is 0 Å². The lowest BCUT2D eigenvalue weighted by molar-refractivity contribution is -0.170. The fourth-order valence-electron chi connectivity index (χ4n) is 3.52. The second kappa shape index (κ2) is 12.3. The van der Waals surface area contributed by atoms with Gasteiger partial charge in [-0.3, -0.25) is 0 Å². The predicted molar refractivity (Wildman–Crippen MR) is 143 cm³/mol. The Labute approximate surface area is 222 Å². The van der Waals surface area contributed by atoms with Crippen molar-refractivity contribution in [1.29, 1.82) is 0 Å². The summed E-state index contributed by atoms with van der Waals surface area (Å²) in [5, 5.41) is 4.33. The van der Waals surface area contributed by atoms with Gasteiger partial charge < -0.3 is 24.3 Å². The van der Waals surface area contributed by atoms with Crippen LogP contribution in [-0.4, -0.2) is 31.9 Å². The number of anilines is 1. The Morgan fingerprint density at radius 1 is 0.861 bits per heavy atom. The molecule has 0 radical (unpaired) electrons. The zero-order valence-electron chi connectivity index (χ0n) is 21.0. The molecule has 3 aromatic rings. The van der Waals surface area contributed by atoms with Gasteiger partial charge in [0.05, 0.1) is 26.9 Å². The van der Waals surface area contributed by atoms with Crippen LogP contribution in [0, 0.1) is 0 Å². The van der Waals surface area contributed by atoms with Crippen molar-refractivity contribution in [3.63, 3.8) is 0 Å². The molecular formula is C28H31Cl2NO5. The molecule has 8 heteroatoms. The number of carbonyl (C=O) groups is 1. The van der Waals surface area contributed by atoms with Crippen LogP contribution < -0.4 is 14.8 Å². The van der Waals surface area contributed by atoms with Gasteiger partial charge in [0.25, 0.3) is 0 Å². The number of rotatable bonds is 10. The van der Waals surface area contributed by atoms with Crippen LogP contribution in [-0.2, 0) is 20.9 Å². The van der Waals surface area contributed by atoms with Crippen LogP contribution in [0.3, 0.4) is 0 Å². The van der Waals surface area contributed by atoms with Crippen LogP contribution in [0.15, 0.2) is 66.7 Å². The topological polar surface area (TPSA) is 66.0 Å². The summed E-state index contributed by atoms with van der Waals surface area (Å²) in [5.74, 6) is 0.891. The van der Waals surface area contributed by atoms with E-state index in [9.17, 15) is 4.79 Å². The Hall–Kier alpha value is -2.93. The van der Waals surface area contributed by atoms with Crippen molar-refractivity contribution < 1.29 is 23.7 Å². The maximum absolute atomic E-state index is 13.5. The zero-order chi connectivity index (χ0) is 26.3. The molecule has 0 bridgehead atoms. The molecule has 2 atom stereocenters. The fraction of sp³-hybridized carbons (Fsp3) is 0.321. The Morgan fingerprint density at radius 3 is 1.89 bits per heavy atom. The van der Waals surface area contributed by atoms with E-state index in [4.69, 9.17) is 42.1 Å². The normalized spacial score (nSPS) is 13.0. The lowest BCUT2D eigenvalue weighted by Crippen LogP contribution is -2.40. The van der Waals surface area contributed by atoms with Crippen LogP contribution in [0.25, 0.3) is 0 Å². The first kappa shape index (κ1) is 27.7. The molecule has 0 aromatic heterocycles. The third-order valence-corrected chi connectivity index (χ3v) is 6.01. The molecule has 1 N–H and O–H groups in total. The van der Waals surface area contributed by atoms with Crippen molar-refractivity contribution in [2.45, 2.75) is 45.1 Å². The van der Waals surface area contributed by atoms with Crippen molar-refractivity contribution in [3.05, 3.63) is 87.9 Å². The van der Waals surface area contributed by atoms with E-state index in [1.54, 1.807) is 32.4 Å². The number of nitrogens with one attached hydrogen (secondary N) is 1. The van der Waals surface area contributed by atoms with E-state index in [0.29, 0.717) is 21.4 Å². The number of hydrogen-bond acceptors (Lipinski definition) is 6. The summed E-state index contributed by atoms with van der Waals surface area (Å²) in [6, 6.07) is 19.4. The number of ether oxygens (including phenoxy) is 4. The summed E-state index contributed by atoms with van der Waals surface area (Å²) in [6.45, 7) is 5.45. The highest BCUT2D eigenvalue weighted by atomic mass is 35.5. The van der Waals surface area contributed by atoms with Gasteiger partial charge >= 0.3 is 5.97 Å². The molecule has 0 aliphatic rings. The average Bonchev–Trinajstić information content (AvgIpc) is 2.84. The molecule has 0 fully saturated rings. The van der Waals surface area contributed by atoms with Crippen LogP contribution in [0.4, 0.5) is 5.69 Å². The third kappa shape index (κ3) is 7.53. The molecule has 0 aliphatic carbocycles. The first-order chi connectivity index (χ1) is 17.1. The van der Waals surface area contributed by atoms with Gasteiger partial charge in [-0.2, -0.15) is 0 Å². The molecule has 0 spiro atoms. The van der Waals surface area contributed by atoms with E-state index in [1.807, 2.05) is 69.3 Å². The Kier molecular flexibility index (Phi) is 9.49. The van der Waals surface area contributed by atoms with Crippen molar-refractivity contribution in [2.75, 3.05) is 19.5 Å². The highest BCUT2D eigenvalue weighted by molar-refractivity contribution is 6.35. The molecule has 3 rings (SSSR count). The number of benzene rings is 3. The Morgan fingerprint density at radius 2 is 1.39 bits per heavy atom. The molecular weight excluding hydrogens is 501 g/mol. The molecule has 6 nitrogen and oxygen atoms in total. The molecule has 0 unspecified atom stereocenters. The minimum atomic E-state index is -1.04. The standard InChI is InChI=1S/C28H31Cl2NO5/c1-28(2,3)36-27(32)26(35-17-22-23(29)7-6-8-24(22)30)25(18-9-13-20(33-4)14-10-18)31-19-11-15-21(34-5)16-12-19/h6-16,25-26,31H,17H2,1-5H3/t25-,26+/m1/s1. The summed E-state index contributed by atoms with van der Waals surface area (Å²) < 4.78 is 22.6. The molecule has 0 saturated heterocycles. The van der Waals surface area contributed by atoms with Gasteiger partial charge in [-0.25, -0.2) is 4.79 Å². The lowest BCUT2D eigenvalue weighted by Gasteiger charge is -2.31. The van der Waals surface area contributed by atoms with Crippen LogP contribution in [0.2, 0.25) is 10.0 Å². The number of hydrogen-bond donors (Lipinski definition) is 1. The zero-order valence-corrected chi connectivity index (χ0v) is 22.5. The fourth-order valence-corrected chi connectivity index (χ4v) is 4.02. The summed E-state index contributed by atoms with van der Waals surface area (Å²) in [7, 11) is 3.21. The maximum atomic E-state index is 13.5. The Balaban J connectivity index is 2.01. The third-order valence-electron chi connectivity index (χ3n) is 5.30. The van der Waals surface area contributed by atoms with E-state index in [2.05, 4.69) is 5.32 Å². The summed E-state index contributed by atoms with van der Waals surface area (Å²) in [5.41, 5.74) is 1.44.